The maximum atomic E-state index is 11.9. The summed E-state index contributed by atoms with van der Waals surface area (Å²) < 4.78 is 5.19. The van der Waals surface area contributed by atoms with E-state index in [9.17, 15) is 4.79 Å². The first kappa shape index (κ1) is 12.7. The van der Waals surface area contributed by atoms with Gasteiger partial charge in [-0.05, 0) is 56.1 Å². The third kappa shape index (κ3) is 3.00. The molecule has 3 rings (SSSR count). The topological polar surface area (TPSA) is 54.3 Å². The van der Waals surface area contributed by atoms with Gasteiger partial charge in [-0.3, -0.25) is 4.79 Å². The summed E-state index contributed by atoms with van der Waals surface area (Å²) in [6.45, 7) is 3.39. The molecule has 2 fully saturated rings. The van der Waals surface area contributed by atoms with Gasteiger partial charge in [0.1, 0.15) is 5.76 Å². The number of nitrogens with one attached hydrogen (secondary N) is 2. The second-order valence-electron chi connectivity index (χ2n) is 6.04. The van der Waals surface area contributed by atoms with Crippen LogP contribution in [-0.4, -0.2) is 18.5 Å². The van der Waals surface area contributed by atoms with E-state index >= 15 is 0 Å². The number of carbonyl (C=O) groups is 1. The standard InChI is InChI=1S/C15H22N2O2/c1-11(14(18)16-9-13-3-2-8-19-13)17-10-15(6-7-15)12-4-5-12/h2-3,8,11-12,17H,4-7,9-10H2,1H3,(H,16,18). The van der Waals surface area contributed by atoms with Crippen LogP contribution in [0.25, 0.3) is 0 Å². The van der Waals surface area contributed by atoms with Crippen LogP contribution in [0, 0.1) is 11.3 Å². The van der Waals surface area contributed by atoms with Gasteiger partial charge in [-0.25, -0.2) is 0 Å². The SMILES string of the molecule is CC(NCC1(C2CC2)CC1)C(=O)NCc1ccco1. The van der Waals surface area contributed by atoms with Crippen molar-refractivity contribution in [3.05, 3.63) is 24.2 Å². The Bertz CT molecular complexity index is 433. The van der Waals surface area contributed by atoms with Gasteiger partial charge in [0.15, 0.2) is 0 Å². The van der Waals surface area contributed by atoms with Gasteiger partial charge in [-0.1, -0.05) is 0 Å². The summed E-state index contributed by atoms with van der Waals surface area (Å²) in [5.74, 6) is 1.76. The van der Waals surface area contributed by atoms with Crippen molar-refractivity contribution in [3.63, 3.8) is 0 Å². The minimum atomic E-state index is -0.133. The van der Waals surface area contributed by atoms with E-state index in [4.69, 9.17) is 4.42 Å². The second kappa shape index (κ2) is 5.00. The molecule has 104 valence electrons. The normalized spacial score (nSPS) is 21.9. The highest BCUT2D eigenvalue weighted by molar-refractivity contribution is 5.81. The molecule has 4 nitrogen and oxygen atoms in total. The van der Waals surface area contributed by atoms with Gasteiger partial charge in [0.25, 0.3) is 0 Å². The van der Waals surface area contributed by atoms with E-state index in [1.165, 1.54) is 25.7 Å². The fraction of sp³-hybridized carbons (Fsp3) is 0.667. The van der Waals surface area contributed by atoms with E-state index in [2.05, 4.69) is 10.6 Å². The van der Waals surface area contributed by atoms with Crippen LogP contribution in [0.2, 0.25) is 0 Å². The van der Waals surface area contributed by atoms with Gasteiger partial charge in [-0.15, -0.1) is 0 Å². The molecule has 2 N–H and O–H groups in total. The zero-order valence-corrected chi connectivity index (χ0v) is 11.4. The van der Waals surface area contributed by atoms with E-state index in [1.54, 1.807) is 6.26 Å². The molecule has 0 aliphatic heterocycles. The van der Waals surface area contributed by atoms with Crippen molar-refractivity contribution in [1.29, 1.82) is 0 Å². The van der Waals surface area contributed by atoms with Crippen LogP contribution in [0.1, 0.15) is 38.4 Å². The van der Waals surface area contributed by atoms with Gasteiger partial charge >= 0.3 is 0 Å². The highest BCUT2D eigenvalue weighted by Gasteiger charge is 2.53. The molecular formula is C15H22N2O2. The van der Waals surface area contributed by atoms with Gasteiger partial charge in [0.2, 0.25) is 5.91 Å². The molecule has 19 heavy (non-hydrogen) atoms. The number of carbonyl (C=O) groups excluding carboxylic acids is 1. The summed E-state index contributed by atoms with van der Waals surface area (Å²) in [6, 6.07) is 3.56. The molecule has 0 saturated heterocycles. The largest absolute Gasteiger partial charge is 0.467 e. The predicted molar refractivity (Wildman–Crippen MR) is 72.4 cm³/mol. The van der Waals surface area contributed by atoms with Crippen molar-refractivity contribution in [2.24, 2.45) is 11.3 Å². The molecule has 1 atom stereocenters. The maximum Gasteiger partial charge on any atom is 0.237 e. The van der Waals surface area contributed by atoms with Gasteiger partial charge in [0.05, 0.1) is 18.8 Å². The summed E-state index contributed by atoms with van der Waals surface area (Å²) >= 11 is 0. The Morgan fingerprint density at radius 1 is 1.53 bits per heavy atom. The first-order valence-corrected chi connectivity index (χ1v) is 7.23. The molecule has 1 heterocycles. The van der Waals surface area contributed by atoms with Crippen LogP contribution in [0.3, 0.4) is 0 Å². The average Bonchev–Trinajstić information content (AvgIpc) is 3.32. The summed E-state index contributed by atoms with van der Waals surface area (Å²) in [7, 11) is 0. The van der Waals surface area contributed by atoms with Crippen molar-refractivity contribution in [2.45, 2.75) is 45.2 Å². The second-order valence-corrected chi connectivity index (χ2v) is 6.04. The molecule has 1 aromatic rings. The summed E-state index contributed by atoms with van der Waals surface area (Å²) in [5.41, 5.74) is 0.537. The first-order chi connectivity index (χ1) is 9.20. The summed E-state index contributed by atoms with van der Waals surface area (Å²) in [5, 5.41) is 6.29. The quantitative estimate of drug-likeness (QED) is 0.791. The van der Waals surface area contributed by atoms with E-state index < -0.39 is 0 Å². The molecular weight excluding hydrogens is 240 g/mol. The van der Waals surface area contributed by atoms with Gasteiger partial charge < -0.3 is 15.1 Å². The molecule has 1 amide bonds. The minimum Gasteiger partial charge on any atom is -0.467 e. The lowest BCUT2D eigenvalue weighted by atomic mass is 10.0. The monoisotopic (exact) mass is 262 g/mol. The van der Waals surface area contributed by atoms with Crippen molar-refractivity contribution < 1.29 is 9.21 Å². The van der Waals surface area contributed by atoms with E-state index in [0.29, 0.717) is 12.0 Å². The Morgan fingerprint density at radius 3 is 2.89 bits per heavy atom. The number of hydrogen-bond acceptors (Lipinski definition) is 3. The minimum absolute atomic E-state index is 0.0444. The van der Waals surface area contributed by atoms with Crippen LogP contribution in [0.4, 0.5) is 0 Å². The van der Waals surface area contributed by atoms with Crippen LogP contribution >= 0.6 is 0 Å². The lowest BCUT2D eigenvalue weighted by Gasteiger charge is -2.19. The van der Waals surface area contributed by atoms with E-state index in [0.717, 1.165) is 18.2 Å². The molecule has 2 aliphatic carbocycles. The maximum absolute atomic E-state index is 11.9. The lowest BCUT2D eigenvalue weighted by molar-refractivity contribution is -0.123. The lowest BCUT2D eigenvalue weighted by Crippen LogP contribution is -2.44. The molecule has 0 bridgehead atoms. The molecule has 0 spiro atoms. The molecule has 4 heteroatoms. The number of rotatable bonds is 7. The highest BCUT2D eigenvalue weighted by Crippen LogP contribution is 2.60. The molecule has 1 unspecified atom stereocenters. The van der Waals surface area contributed by atoms with Crippen LogP contribution in [-0.2, 0) is 11.3 Å². The Balaban J connectivity index is 1.39. The van der Waals surface area contributed by atoms with Crippen molar-refractivity contribution in [2.75, 3.05) is 6.54 Å². The molecule has 2 aliphatic rings. The predicted octanol–water partition coefficient (Wildman–Crippen LogP) is 2.06. The van der Waals surface area contributed by atoms with Crippen LogP contribution in [0.15, 0.2) is 22.8 Å². The fourth-order valence-electron chi connectivity index (χ4n) is 2.78. The zero-order valence-electron chi connectivity index (χ0n) is 11.4. The average molecular weight is 262 g/mol. The molecule has 0 aromatic carbocycles. The zero-order chi connectivity index (χ0) is 13.3. The van der Waals surface area contributed by atoms with Crippen molar-refractivity contribution in [3.8, 4) is 0 Å². The van der Waals surface area contributed by atoms with E-state index in [-0.39, 0.29) is 11.9 Å². The van der Waals surface area contributed by atoms with Crippen molar-refractivity contribution >= 4 is 5.91 Å². The van der Waals surface area contributed by atoms with Crippen LogP contribution < -0.4 is 10.6 Å². The highest BCUT2D eigenvalue weighted by atomic mass is 16.3. The van der Waals surface area contributed by atoms with Gasteiger partial charge in [-0.2, -0.15) is 0 Å². The third-order valence-corrected chi connectivity index (χ3v) is 4.51. The summed E-state index contributed by atoms with van der Waals surface area (Å²) in [4.78, 5) is 11.9. The smallest absolute Gasteiger partial charge is 0.237 e. The fourth-order valence-corrected chi connectivity index (χ4v) is 2.78. The number of hydrogen-bond donors (Lipinski definition) is 2. The molecule has 2 saturated carbocycles. The Labute approximate surface area is 113 Å². The summed E-state index contributed by atoms with van der Waals surface area (Å²) in [6.07, 6.45) is 7.08. The molecule has 0 radical (unpaired) electrons. The van der Waals surface area contributed by atoms with E-state index in [1.807, 2.05) is 19.1 Å². The first-order valence-electron chi connectivity index (χ1n) is 7.23. The Kier molecular flexibility index (Phi) is 3.35. The number of amides is 1. The van der Waals surface area contributed by atoms with Gasteiger partial charge in [0, 0.05) is 6.54 Å². The third-order valence-electron chi connectivity index (χ3n) is 4.51. The Hall–Kier alpha value is -1.29. The molecule has 1 aromatic heterocycles. The van der Waals surface area contributed by atoms with Crippen LogP contribution in [0.5, 0.6) is 0 Å². The Morgan fingerprint density at radius 2 is 2.32 bits per heavy atom. The van der Waals surface area contributed by atoms with Crippen molar-refractivity contribution in [1.82, 2.24) is 10.6 Å². The number of furan rings is 1.